The summed E-state index contributed by atoms with van der Waals surface area (Å²) >= 11 is 0. The summed E-state index contributed by atoms with van der Waals surface area (Å²) in [5.41, 5.74) is 6.60. The van der Waals surface area contributed by atoms with Gasteiger partial charge >= 0.3 is 12.2 Å². The second-order valence-electron chi connectivity index (χ2n) is 11.8. The average molecular weight is 635 g/mol. The number of amides is 2. The van der Waals surface area contributed by atoms with Gasteiger partial charge < -0.3 is 35.7 Å². The minimum Gasteiger partial charge on any atom is -0.453 e. The van der Waals surface area contributed by atoms with Crippen LogP contribution in [0.3, 0.4) is 0 Å². The van der Waals surface area contributed by atoms with Gasteiger partial charge in [-0.3, -0.25) is 0 Å². The predicted octanol–water partition coefficient (Wildman–Crippen LogP) is 3.30. The maximum Gasteiger partial charge on any atom is 0.407 e. The third-order valence-corrected chi connectivity index (χ3v) is 9.30. The molecule has 12 nitrogen and oxygen atoms in total. The Morgan fingerprint density at radius 1 is 1.11 bits per heavy atom. The van der Waals surface area contributed by atoms with Crippen LogP contribution in [-0.2, 0) is 30.7 Å². The molecule has 244 valence electrons. The molecule has 0 aromatic heterocycles. The molecule has 1 aliphatic rings. The molecule has 0 saturated carbocycles. The first-order valence-electron chi connectivity index (χ1n) is 14.8. The van der Waals surface area contributed by atoms with E-state index in [9.17, 15) is 23.1 Å². The number of benzene rings is 2. The fraction of sp³-hybridized carbons (Fsp3) is 0.548. The smallest absolute Gasteiger partial charge is 0.407 e. The number of nitrogens with one attached hydrogen (secondary N) is 2. The summed E-state index contributed by atoms with van der Waals surface area (Å²) in [5.74, 6) is 0. The standard InChI is InChI=1S/C31H46N4O8S/c1-31(2,16-7-8-17-33-29(37)41-3)22-35(44(39,40)26-13-11-24(32)12-14-26)20-28(36)27(19-23-9-5-4-6-10-23)34-30(38)43-25-15-18-42-21-25/h4-6,9-14,25,27-28,36H,7-8,15-22,32H2,1-3H3,(H,33,37)(H,34,38)/t25-,27-,28+/m0/s1. The second kappa shape index (κ2) is 16.6. The molecular formula is C31H46N4O8S. The zero-order chi connectivity index (χ0) is 32.2. The van der Waals surface area contributed by atoms with E-state index in [4.69, 9.17) is 15.2 Å². The van der Waals surface area contributed by atoms with E-state index in [0.29, 0.717) is 44.7 Å². The first-order valence-corrected chi connectivity index (χ1v) is 16.3. The number of unbranched alkanes of at least 4 members (excludes halogenated alkanes) is 1. The van der Waals surface area contributed by atoms with E-state index in [2.05, 4.69) is 15.4 Å². The lowest BCUT2D eigenvalue weighted by Gasteiger charge is -2.35. The van der Waals surface area contributed by atoms with E-state index in [-0.39, 0.29) is 30.5 Å². The summed E-state index contributed by atoms with van der Waals surface area (Å²) in [7, 11) is -2.76. The van der Waals surface area contributed by atoms with Crippen LogP contribution in [0.2, 0.25) is 0 Å². The summed E-state index contributed by atoms with van der Waals surface area (Å²) in [6, 6.07) is 14.4. The number of nitrogen functional groups attached to an aromatic ring is 1. The Morgan fingerprint density at radius 2 is 1.82 bits per heavy atom. The average Bonchev–Trinajstić information content (AvgIpc) is 3.49. The van der Waals surface area contributed by atoms with E-state index in [0.717, 1.165) is 12.0 Å². The highest BCUT2D eigenvalue weighted by Crippen LogP contribution is 2.29. The molecule has 0 radical (unpaired) electrons. The lowest BCUT2D eigenvalue weighted by molar-refractivity contribution is 0.0623. The van der Waals surface area contributed by atoms with Crippen molar-refractivity contribution in [2.75, 3.05) is 45.7 Å². The number of nitrogens with two attached hydrogens (primary N) is 1. The van der Waals surface area contributed by atoms with Crippen LogP contribution in [0.5, 0.6) is 0 Å². The highest BCUT2D eigenvalue weighted by molar-refractivity contribution is 7.89. The molecular weight excluding hydrogens is 588 g/mol. The summed E-state index contributed by atoms with van der Waals surface area (Å²) in [6.07, 6.45) is 0.0500. The molecule has 3 rings (SSSR count). The Kier molecular flexibility index (Phi) is 13.3. The minimum atomic E-state index is -4.07. The van der Waals surface area contributed by atoms with Gasteiger partial charge in [-0.15, -0.1) is 0 Å². The van der Waals surface area contributed by atoms with Crippen molar-refractivity contribution >= 4 is 27.9 Å². The van der Waals surface area contributed by atoms with Crippen molar-refractivity contribution in [2.45, 2.75) is 69.1 Å². The van der Waals surface area contributed by atoms with E-state index in [1.807, 2.05) is 44.2 Å². The lowest BCUT2D eigenvalue weighted by Crippen LogP contribution is -2.52. The maximum absolute atomic E-state index is 14.0. The van der Waals surface area contributed by atoms with Crippen molar-refractivity contribution in [3.8, 4) is 0 Å². The molecule has 13 heteroatoms. The third kappa shape index (κ3) is 11.3. The number of aliphatic hydroxyl groups excluding tert-OH is 1. The number of carbonyl (C=O) groups is 2. The van der Waals surface area contributed by atoms with Gasteiger partial charge in [0.05, 0.1) is 37.4 Å². The van der Waals surface area contributed by atoms with E-state index in [1.54, 1.807) is 0 Å². The fourth-order valence-electron chi connectivity index (χ4n) is 5.01. The number of carbonyl (C=O) groups excluding carboxylic acids is 2. The van der Waals surface area contributed by atoms with Crippen LogP contribution in [0.25, 0.3) is 0 Å². The lowest BCUT2D eigenvalue weighted by atomic mass is 9.87. The number of hydrogen-bond acceptors (Lipinski definition) is 9. The molecule has 44 heavy (non-hydrogen) atoms. The fourth-order valence-corrected chi connectivity index (χ4v) is 6.66. The van der Waals surface area contributed by atoms with Crippen LogP contribution in [0.4, 0.5) is 15.3 Å². The number of ether oxygens (including phenoxy) is 3. The monoisotopic (exact) mass is 634 g/mol. The molecule has 5 N–H and O–H groups in total. The Bertz CT molecular complexity index is 1290. The largest absolute Gasteiger partial charge is 0.453 e. The Labute approximate surface area is 260 Å². The molecule has 2 aromatic rings. The van der Waals surface area contributed by atoms with Gasteiger partial charge in [0, 0.05) is 31.7 Å². The van der Waals surface area contributed by atoms with Crippen LogP contribution in [-0.4, -0.2) is 88.2 Å². The number of anilines is 1. The highest BCUT2D eigenvalue weighted by atomic mass is 32.2. The van der Waals surface area contributed by atoms with E-state index < -0.39 is 39.8 Å². The van der Waals surface area contributed by atoms with Gasteiger partial charge in [0.15, 0.2) is 0 Å². The summed E-state index contributed by atoms with van der Waals surface area (Å²) in [6.45, 7) is 4.99. The van der Waals surface area contributed by atoms with Crippen molar-refractivity contribution in [3.05, 3.63) is 60.2 Å². The number of nitrogens with zero attached hydrogens (tertiary/aromatic N) is 1. The summed E-state index contributed by atoms with van der Waals surface area (Å²) < 4.78 is 44.6. The van der Waals surface area contributed by atoms with Gasteiger partial charge in [0.25, 0.3) is 0 Å². The molecule has 0 aliphatic carbocycles. The Balaban J connectivity index is 1.80. The van der Waals surface area contributed by atoms with Gasteiger partial charge in [-0.2, -0.15) is 4.31 Å². The van der Waals surface area contributed by atoms with Gasteiger partial charge in [-0.05, 0) is 54.5 Å². The molecule has 1 saturated heterocycles. The van der Waals surface area contributed by atoms with Gasteiger partial charge in [0.2, 0.25) is 10.0 Å². The number of sulfonamides is 1. The van der Waals surface area contributed by atoms with Crippen LogP contribution < -0.4 is 16.4 Å². The van der Waals surface area contributed by atoms with Gasteiger partial charge in [0.1, 0.15) is 6.10 Å². The molecule has 1 aliphatic heterocycles. The maximum atomic E-state index is 14.0. The minimum absolute atomic E-state index is 0.0465. The quantitative estimate of drug-likeness (QED) is 0.160. The predicted molar refractivity (Wildman–Crippen MR) is 166 cm³/mol. The van der Waals surface area contributed by atoms with Crippen LogP contribution >= 0.6 is 0 Å². The number of methoxy groups -OCH3 is 1. The van der Waals surface area contributed by atoms with Gasteiger partial charge in [-0.1, -0.05) is 50.6 Å². The topological polar surface area (TPSA) is 170 Å². The first-order chi connectivity index (χ1) is 20.9. The highest BCUT2D eigenvalue weighted by Gasteiger charge is 2.35. The number of aliphatic hydroxyl groups is 1. The molecule has 0 bridgehead atoms. The summed E-state index contributed by atoms with van der Waals surface area (Å²) in [5, 5.41) is 17.0. The number of alkyl carbamates (subject to hydrolysis) is 2. The zero-order valence-electron chi connectivity index (χ0n) is 25.7. The molecule has 0 unspecified atom stereocenters. The Hall–Kier alpha value is -3.39. The molecule has 3 atom stereocenters. The SMILES string of the molecule is COC(=O)NCCCCC(C)(C)CN(C[C@@H](O)[C@H](Cc1ccccc1)NC(=O)O[C@H]1CCOC1)S(=O)(=O)c1ccc(N)cc1. The zero-order valence-corrected chi connectivity index (χ0v) is 26.6. The van der Waals surface area contributed by atoms with E-state index in [1.165, 1.54) is 35.7 Å². The van der Waals surface area contributed by atoms with E-state index >= 15 is 0 Å². The molecule has 2 amide bonds. The third-order valence-electron chi connectivity index (χ3n) is 7.48. The van der Waals surface area contributed by atoms with Crippen LogP contribution in [0, 0.1) is 5.41 Å². The normalized spacial score (nSPS) is 16.7. The Morgan fingerprint density at radius 3 is 2.45 bits per heavy atom. The van der Waals surface area contributed by atoms with Crippen molar-refractivity contribution in [2.24, 2.45) is 5.41 Å². The van der Waals surface area contributed by atoms with Gasteiger partial charge in [-0.25, -0.2) is 18.0 Å². The number of hydrogen-bond donors (Lipinski definition) is 4. The summed E-state index contributed by atoms with van der Waals surface area (Å²) in [4.78, 5) is 24.2. The molecule has 1 heterocycles. The molecule has 2 aromatic carbocycles. The molecule has 1 fully saturated rings. The van der Waals surface area contributed by atoms with Crippen molar-refractivity contribution < 1.29 is 37.3 Å². The second-order valence-corrected chi connectivity index (χ2v) is 13.7. The van der Waals surface area contributed by atoms with Crippen LogP contribution in [0.15, 0.2) is 59.5 Å². The molecule has 0 spiro atoms. The first kappa shape index (κ1) is 35.1. The van der Waals surface area contributed by atoms with Crippen molar-refractivity contribution in [1.29, 1.82) is 0 Å². The van der Waals surface area contributed by atoms with Crippen LogP contribution in [0.1, 0.15) is 45.1 Å². The number of rotatable bonds is 16. The van der Waals surface area contributed by atoms with Crippen molar-refractivity contribution in [3.63, 3.8) is 0 Å². The van der Waals surface area contributed by atoms with Crippen molar-refractivity contribution in [1.82, 2.24) is 14.9 Å².